The van der Waals surface area contributed by atoms with Crippen molar-refractivity contribution in [1.82, 2.24) is 0 Å². The van der Waals surface area contributed by atoms with Crippen LogP contribution in [0.25, 0.3) is 10.8 Å². The van der Waals surface area contributed by atoms with E-state index in [2.05, 4.69) is 16.0 Å². The van der Waals surface area contributed by atoms with E-state index in [1.54, 1.807) is 18.2 Å². The molecule has 0 aliphatic carbocycles. The van der Waals surface area contributed by atoms with Crippen molar-refractivity contribution in [3.63, 3.8) is 0 Å². The minimum atomic E-state index is -0.162. The van der Waals surface area contributed by atoms with Crippen molar-refractivity contribution in [2.75, 3.05) is 22.5 Å². The van der Waals surface area contributed by atoms with Crippen LogP contribution in [0.1, 0.15) is 12.0 Å². The Labute approximate surface area is 187 Å². The number of nitrogens with one attached hydrogen (secondary N) is 3. The van der Waals surface area contributed by atoms with Crippen molar-refractivity contribution in [2.45, 2.75) is 12.8 Å². The predicted molar refractivity (Wildman–Crippen MR) is 131 cm³/mol. The molecule has 5 heteroatoms. The third-order valence-electron chi connectivity index (χ3n) is 5.14. The van der Waals surface area contributed by atoms with Crippen LogP contribution >= 0.6 is 0 Å². The van der Waals surface area contributed by atoms with E-state index in [1.807, 2.05) is 78.9 Å². The average Bonchev–Trinajstić information content (AvgIpc) is 2.82. The molecule has 0 unspecified atom stereocenters. The van der Waals surface area contributed by atoms with E-state index in [1.165, 1.54) is 0 Å². The first kappa shape index (κ1) is 21.1. The van der Waals surface area contributed by atoms with E-state index in [4.69, 9.17) is 0 Å². The maximum atomic E-state index is 12.5. The fraction of sp³-hybridized carbons (Fsp3) is 0.111. The average molecular weight is 424 g/mol. The first-order valence-corrected chi connectivity index (χ1v) is 10.6. The van der Waals surface area contributed by atoms with Gasteiger partial charge in [0.2, 0.25) is 11.8 Å². The van der Waals surface area contributed by atoms with Crippen molar-refractivity contribution in [1.29, 1.82) is 0 Å². The van der Waals surface area contributed by atoms with Crippen LogP contribution in [0.3, 0.4) is 0 Å². The fourth-order valence-electron chi connectivity index (χ4n) is 3.56. The Morgan fingerprint density at radius 3 is 2.12 bits per heavy atom. The number of amides is 2. The Bertz CT molecular complexity index is 1220. The molecule has 0 aliphatic rings. The van der Waals surface area contributed by atoms with E-state index in [0.717, 1.165) is 22.0 Å². The Morgan fingerprint density at radius 2 is 1.31 bits per heavy atom. The molecule has 0 aliphatic heterocycles. The molecule has 0 heterocycles. The second-order valence-corrected chi connectivity index (χ2v) is 7.54. The molecule has 3 N–H and O–H groups in total. The van der Waals surface area contributed by atoms with Crippen molar-refractivity contribution in [2.24, 2.45) is 0 Å². The van der Waals surface area contributed by atoms with Gasteiger partial charge in [0, 0.05) is 28.9 Å². The monoisotopic (exact) mass is 423 g/mol. The smallest absolute Gasteiger partial charge is 0.243 e. The molecule has 32 heavy (non-hydrogen) atoms. The lowest BCUT2D eigenvalue weighted by Gasteiger charge is -2.11. The molecule has 0 saturated heterocycles. The second kappa shape index (κ2) is 10.3. The maximum absolute atomic E-state index is 12.5. The van der Waals surface area contributed by atoms with E-state index < -0.39 is 0 Å². The summed E-state index contributed by atoms with van der Waals surface area (Å²) in [5.74, 6) is -0.222. The zero-order valence-electron chi connectivity index (χ0n) is 17.7. The maximum Gasteiger partial charge on any atom is 0.243 e. The highest BCUT2D eigenvalue weighted by Crippen LogP contribution is 2.23. The van der Waals surface area contributed by atoms with Gasteiger partial charge in [-0.1, -0.05) is 72.8 Å². The largest absolute Gasteiger partial charge is 0.376 e. The number of carbonyl (C=O) groups excluding carboxylic acids is 2. The van der Waals surface area contributed by atoms with E-state index >= 15 is 0 Å². The molecule has 0 spiro atoms. The summed E-state index contributed by atoms with van der Waals surface area (Å²) in [5, 5.41) is 11.2. The fourth-order valence-corrected chi connectivity index (χ4v) is 3.56. The molecule has 0 radical (unpaired) electrons. The van der Waals surface area contributed by atoms with Crippen LogP contribution in [0.4, 0.5) is 17.1 Å². The molecule has 0 atom stereocenters. The van der Waals surface area contributed by atoms with Crippen LogP contribution < -0.4 is 16.0 Å². The third-order valence-corrected chi connectivity index (χ3v) is 5.14. The number of hydrogen-bond donors (Lipinski definition) is 3. The first-order valence-electron chi connectivity index (χ1n) is 10.6. The van der Waals surface area contributed by atoms with Gasteiger partial charge in [-0.05, 0) is 41.6 Å². The summed E-state index contributed by atoms with van der Waals surface area (Å²) in [7, 11) is 0. The Morgan fingerprint density at radius 1 is 0.656 bits per heavy atom. The molecular weight excluding hydrogens is 398 g/mol. The molecule has 4 aromatic rings. The van der Waals surface area contributed by atoms with E-state index in [9.17, 15) is 9.59 Å². The lowest BCUT2D eigenvalue weighted by molar-refractivity contribution is -0.116. The van der Waals surface area contributed by atoms with Crippen LogP contribution in [0.2, 0.25) is 0 Å². The molecule has 4 aromatic carbocycles. The summed E-state index contributed by atoms with van der Waals surface area (Å²) >= 11 is 0. The summed E-state index contributed by atoms with van der Waals surface area (Å²) in [5.41, 5.74) is 3.33. The normalized spacial score (nSPS) is 10.5. The second-order valence-electron chi connectivity index (χ2n) is 7.54. The topological polar surface area (TPSA) is 70.2 Å². The summed E-state index contributed by atoms with van der Waals surface area (Å²) < 4.78 is 0. The highest BCUT2D eigenvalue weighted by molar-refractivity contribution is 5.98. The zero-order chi connectivity index (χ0) is 22.2. The number of carbonyl (C=O) groups is 2. The number of benzene rings is 4. The number of aryl methyl sites for hydroxylation is 1. The van der Waals surface area contributed by atoms with Crippen LogP contribution in [-0.2, 0) is 16.0 Å². The summed E-state index contributed by atoms with van der Waals surface area (Å²) in [6, 6.07) is 31.1. The van der Waals surface area contributed by atoms with Crippen LogP contribution in [0.15, 0.2) is 97.1 Å². The van der Waals surface area contributed by atoms with Gasteiger partial charge in [0.05, 0.1) is 6.54 Å². The molecule has 160 valence electrons. The zero-order valence-corrected chi connectivity index (χ0v) is 17.7. The van der Waals surface area contributed by atoms with Crippen molar-refractivity contribution in [3.05, 3.63) is 103 Å². The van der Waals surface area contributed by atoms with Gasteiger partial charge in [-0.25, -0.2) is 0 Å². The van der Waals surface area contributed by atoms with Gasteiger partial charge in [-0.15, -0.1) is 0 Å². The van der Waals surface area contributed by atoms with Gasteiger partial charge in [0.15, 0.2) is 0 Å². The van der Waals surface area contributed by atoms with Gasteiger partial charge in [0.25, 0.3) is 0 Å². The molecule has 0 bridgehead atoms. The van der Waals surface area contributed by atoms with Gasteiger partial charge in [0.1, 0.15) is 0 Å². The quantitative estimate of drug-likeness (QED) is 0.352. The molecular formula is C27H25N3O2. The third kappa shape index (κ3) is 5.73. The Kier molecular flexibility index (Phi) is 6.78. The molecule has 5 nitrogen and oxygen atoms in total. The molecule has 0 saturated carbocycles. The van der Waals surface area contributed by atoms with E-state index in [-0.39, 0.29) is 18.4 Å². The minimum absolute atomic E-state index is 0.0602. The standard InChI is InChI=1S/C27H25N3O2/c31-26(17-16-20-8-2-1-3-9-20)29-22-12-7-13-23(18-22)30-27(32)19-28-25-15-6-11-21-10-4-5-14-24(21)25/h1-15,18,28H,16-17,19H2,(H,29,31)(H,30,32). The van der Waals surface area contributed by atoms with Gasteiger partial charge in [-0.2, -0.15) is 0 Å². The van der Waals surface area contributed by atoms with Crippen LogP contribution in [0.5, 0.6) is 0 Å². The lowest BCUT2D eigenvalue weighted by atomic mass is 10.1. The SMILES string of the molecule is O=C(CCc1ccccc1)Nc1cccc(NC(=O)CNc2cccc3ccccc23)c1. The summed E-state index contributed by atoms with van der Waals surface area (Å²) in [6.07, 6.45) is 1.08. The van der Waals surface area contributed by atoms with Gasteiger partial charge >= 0.3 is 0 Å². The number of fused-ring (bicyclic) bond motifs is 1. The van der Waals surface area contributed by atoms with Gasteiger partial charge in [-0.3, -0.25) is 9.59 Å². The predicted octanol–water partition coefficient (Wildman–Crippen LogP) is 5.46. The number of hydrogen-bond acceptors (Lipinski definition) is 3. The molecule has 0 fully saturated rings. The first-order chi connectivity index (χ1) is 15.7. The Hall–Kier alpha value is -4.12. The van der Waals surface area contributed by atoms with Crippen molar-refractivity contribution in [3.8, 4) is 0 Å². The highest BCUT2D eigenvalue weighted by Gasteiger charge is 2.07. The lowest BCUT2D eigenvalue weighted by Crippen LogP contribution is -2.22. The molecule has 2 amide bonds. The van der Waals surface area contributed by atoms with E-state index in [0.29, 0.717) is 24.2 Å². The van der Waals surface area contributed by atoms with Crippen molar-refractivity contribution >= 4 is 39.6 Å². The number of rotatable bonds is 8. The van der Waals surface area contributed by atoms with Crippen LogP contribution in [0, 0.1) is 0 Å². The summed E-state index contributed by atoms with van der Waals surface area (Å²) in [6.45, 7) is 0.141. The van der Waals surface area contributed by atoms with Crippen molar-refractivity contribution < 1.29 is 9.59 Å². The van der Waals surface area contributed by atoms with Crippen LogP contribution in [-0.4, -0.2) is 18.4 Å². The van der Waals surface area contributed by atoms with Gasteiger partial charge < -0.3 is 16.0 Å². The highest BCUT2D eigenvalue weighted by atomic mass is 16.2. The minimum Gasteiger partial charge on any atom is -0.376 e. The molecule has 4 rings (SSSR count). The number of anilines is 3. The Balaban J connectivity index is 1.30. The summed E-state index contributed by atoms with van der Waals surface area (Å²) in [4.78, 5) is 24.7. The molecule has 0 aromatic heterocycles.